The van der Waals surface area contributed by atoms with Gasteiger partial charge in [-0.1, -0.05) is 42.6 Å². The zero-order valence-electron chi connectivity index (χ0n) is 13.5. The monoisotopic (exact) mass is 353 g/mol. The van der Waals surface area contributed by atoms with Crippen LogP contribution in [0, 0.1) is 11.8 Å². The van der Waals surface area contributed by atoms with Crippen molar-refractivity contribution in [3.8, 4) is 5.75 Å². The molecule has 3 heteroatoms. The SMILES string of the molecule is CCNC(c1cc(Br)ccc1OCC)C1CCC(C)CC1. The average molecular weight is 354 g/mol. The minimum atomic E-state index is 0.404. The number of rotatable bonds is 6. The molecule has 1 N–H and O–H groups in total. The van der Waals surface area contributed by atoms with Gasteiger partial charge in [-0.05, 0) is 56.3 Å². The molecule has 0 amide bonds. The summed E-state index contributed by atoms with van der Waals surface area (Å²) in [5.41, 5.74) is 1.31. The number of ether oxygens (including phenoxy) is 1. The number of hydrogen-bond donors (Lipinski definition) is 1. The van der Waals surface area contributed by atoms with Gasteiger partial charge in [0.25, 0.3) is 0 Å². The van der Waals surface area contributed by atoms with Gasteiger partial charge in [-0.25, -0.2) is 0 Å². The number of hydrogen-bond acceptors (Lipinski definition) is 2. The van der Waals surface area contributed by atoms with Crippen LogP contribution in [-0.2, 0) is 0 Å². The van der Waals surface area contributed by atoms with Crippen molar-refractivity contribution >= 4 is 15.9 Å². The molecule has 0 aromatic heterocycles. The van der Waals surface area contributed by atoms with Crippen molar-refractivity contribution in [1.29, 1.82) is 0 Å². The van der Waals surface area contributed by atoms with Crippen LogP contribution in [0.3, 0.4) is 0 Å². The predicted octanol–water partition coefficient (Wildman–Crippen LogP) is 5.32. The summed E-state index contributed by atoms with van der Waals surface area (Å²) in [5, 5.41) is 3.71. The zero-order chi connectivity index (χ0) is 15.2. The molecule has 1 aromatic carbocycles. The highest BCUT2D eigenvalue weighted by Crippen LogP contribution is 2.40. The van der Waals surface area contributed by atoms with E-state index in [-0.39, 0.29) is 0 Å². The van der Waals surface area contributed by atoms with Crippen molar-refractivity contribution < 1.29 is 4.74 Å². The molecule has 2 rings (SSSR count). The molecule has 0 spiro atoms. The van der Waals surface area contributed by atoms with Crippen LogP contribution in [-0.4, -0.2) is 13.2 Å². The van der Waals surface area contributed by atoms with Crippen molar-refractivity contribution in [1.82, 2.24) is 5.32 Å². The summed E-state index contributed by atoms with van der Waals surface area (Å²) in [6, 6.07) is 6.80. The van der Waals surface area contributed by atoms with E-state index in [0.717, 1.165) is 35.2 Å². The normalized spacial score (nSPS) is 23.8. The van der Waals surface area contributed by atoms with E-state index in [1.165, 1.54) is 31.2 Å². The highest BCUT2D eigenvalue weighted by Gasteiger charge is 2.28. The summed E-state index contributed by atoms with van der Waals surface area (Å²) in [6.45, 7) is 8.33. The van der Waals surface area contributed by atoms with Gasteiger partial charge in [0, 0.05) is 16.1 Å². The number of nitrogens with one attached hydrogen (secondary N) is 1. The van der Waals surface area contributed by atoms with Crippen LogP contribution in [0.15, 0.2) is 22.7 Å². The lowest BCUT2D eigenvalue weighted by Crippen LogP contribution is -2.31. The Hall–Kier alpha value is -0.540. The molecule has 118 valence electrons. The van der Waals surface area contributed by atoms with Crippen molar-refractivity contribution in [2.75, 3.05) is 13.2 Å². The highest BCUT2D eigenvalue weighted by atomic mass is 79.9. The first-order valence-electron chi connectivity index (χ1n) is 8.31. The summed E-state index contributed by atoms with van der Waals surface area (Å²) in [4.78, 5) is 0. The first-order valence-corrected chi connectivity index (χ1v) is 9.10. The maximum absolute atomic E-state index is 5.87. The molecule has 1 unspecified atom stereocenters. The van der Waals surface area contributed by atoms with E-state index in [0.29, 0.717) is 6.04 Å². The van der Waals surface area contributed by atoms with Crippen LogP contribution in [0.1, 0.15) is 58.1 Å². The van der Waals surface area contributed by atoms with Crippen LogP contribution in [0.5, 0.6) is 5.75 Å². The number of benzene rings is 1. The molecule has 1 fully saturated rings. The van der Waals surface area contributed by atoms with Crippen LogP contribution in [0.25, 0.3) is 0 Å². The Kier molecular flexibility index (Phi) is 6.56. The largest absolute Gasteiger partial charge is 0.494 e. The van der Waals surface area contributed by atoms with Gasteiger partial charge in [-0.15, -0.1) is 0 Å². The van der Waals surface area contributed by atoms with E-state index in [9.17, 15) is 0 Å². The Bertz CT molecular complexity index is 441. The first-order chi connectivity index (χ1) is 10.2. The van der Waals surface area contributed by atoms with Crippen LogP contribution >= 0.6 is 15.9 Å². The molecule has 1 saturated carbocycles. The summed E-state index contributed by atoms with van der Waals surface area (Å²) >= 11 is 3.62. The Morgan fingerprint density at radius 2 is 1.95 bits per heavy atom. The minimum absolute atomic E-state index is 0.404. The smallest absolute Gasteiger partial charge is 0.124 e. The third-order valence-corrected chi connectivity index (χ3v) is 5.06. The maximum Gasteiger partial charge on any atom is 0.124 e. The van der Waals surface area contributed by atoms with Gasteiger partial charge in [0.1, 0.15) is 5.75 Å². The number of halogens is 1. The Labute approximate surface area is 137 Å². The van der Waals surface area contributed by atoms with Gasteiger partial charge in [0.2, 0.25) is 0 Å². The summed E-state index contributed by atoms with van der Waals surface area (Å²) in [5.74, 6) is 2.64. The molecular weight excluding hydrogens is 326 g/mol. The van der Waals surface area contributed by atoms with E-state index in [1.807, 2.05) is 0 Å². The third-order valence-electron chi connectivity index (χ3n) is 4.56. The van der Waals surface area contributed by atoms with Gasteiger partial charge >= 0.3 is 0 Å². The molecular formula is C18H28BrNO. The van der Waals surface area contributed by atoms with E-state index in [1.54, 1.807) is 0 Å². The van der Waals surface area contributed by atoms with Crippen molar-refractivity contribution in [2.24, 2.45) is 11.8 Å². The summed E-state index contributed by atoms with van der Waals surface area (Å²) < 4.78 is 7.00. The molecule has 0 saturated heterocycles. The second-order valence-corrected chi connectivity index (χ2v) is 7.09. The van der Waals surface area contributed by atoms with Crippen LogP contribution < -0.4 is 10.1 Å². The van der Waals surface area contributed by atoms with E-state index in [4.69, 9.17) is 4.74 Å². The molecule has 0 heterocycles. The summed E-state index contributed by atoms with van der Waals surface area (Å²) in [6.07, 6.45) is 5.34. The molecule has 0 aliphatic heterocycles. The Morgan fingerprint density at radius 3 is 2.57 bits per heavy atom. The molecule has 1 atom stereocenters. The van der Waals surface area contributed by atoms with Crippen LogP contribution in [0.2, 0.25) is 0 Å². The first kappa shape index (κ1) is 16.8. The topological polar surface area (TPSA) is 21.3 Å². The molecule has 1 aromatic rings. The fourth-order valence-corrected chi connectivity index (χ4v) is 3.80. The average Bonchev–Trinajstić information content (AvgIpc) is 2.48. The van der Waals surface area contributed by atoms with Gasteiger partial charge in [0.15, 0.2) is 0 Å². The zero-order valence-corrected chi connectivity index (χ0v) is 15.1. The minimum Gasteiger partial charge on any atom is -0.494 e. The second-order valence-electron chi connectivity index (χ2n) is 6.17. The van der Waals surface area contributed by atoms with Crippen molar-refractivity contribution in [3.05, 3.63) is 28.2 Å². The van der Waals surface area contributed by atoms with Crippen LogP contribution in [0.4, 0.5) is 0 Å². The Balaban J connectivity index is 2.26. The third kappa shape index (κ3) is 4.46. The molecule has 2 nitrogen and oxygen atoms in total. The van der Waals surface area contributed by atoms with Gasteiger partial charge in [-0.3, -0.25) is 0 Å². The Morgan fingerprint density at radius 1 is 1.24 bits per heavy atom. The van der Waals surface area contributed by atoms with Gasteiger partial charge in [-0.2, -0.15) is 0 Å². The highest BCUT2D eigenvalue weighted by molar-refractivity contribution is 9.10. The maximum atomic E-state index is 5.87. The fourth-order valence-electron chi connectivity index (χ4n) is 3.42. The molecule has 1 aliphatic carbocycles. The summed E-state index contributed by atoms with van der Waals surface area (Å²) in [7, 11) is 0. The lowest BCUT2D eigenvalue weighted by atomic mass is 9.77. The van der Waals surface area contributed by atoms with E-state index < -0.39 is 0 Å². The lowest BCUT2D eigenvalue weighted by Gasteiger charge is -2.34. The van der Waals surface area contributed by atoms with Gasteiger partial charge < -0.3 is 10.1 Å². The molecule has 0 bridgehead atoms. The lowest BCUT2D eigenvalue weighted by molar-refractivity contribution is 0.228. The predicted molar refractivity (Wildman–Crippen MR) is 92.9 cm³/mol. The quantitative estimate of drug-likeness (QED) is 0.746. The standard InChI is InChI=1S/C18H28BrNO/c1-4-20-18(14-8-6-13(3)7-9-14)16-12-15(19)10-11-17(16)21-5-2/h10-14,18,20H,4-9H2,1-3H3. The van der Waals surface area contributed by atoms with Gasteiger partial charge in [0.05, 0.1) is 6.61 Å². The van der Waals surface area contributed by atoms with E-state index in [2.05, 4.69) is 60.2 Å². The van der Waals surface area contributed by atoms with Crippen molar-refractivity contribution in [3.63, 3.8) is 0 Å². The fraction of sp³-hybridized carbons (Fsp3) is 0.667. The van der Waals surface area contributed by atoms with Crippen molar-refractivity contribution in [2.45, 2.75) is 52.5 Å². The molecule has 0 radical (unpaired) electrons. The molecule has 21 heavy (non-hydrogen) atoms. The van der Waals surface area contributed by atoms with E-state index >= 15 is 0 Å². The second kappa shape index (κ2) is 8.19. The molecule has 1 aliphatic rings.